The first-order valence-electron chi connectivity index (χ1n) is 8.62. The molecule has 0 N–H and O–H groups in total. The van der Waals surface area contributed by atoms with Crippen molar-refractivity contribution in [3.63, 3.8) is 0 Å². The highest BCUT2D eigenvalue weighted by Gasteiger charge is 2.24. The van der Waals surface area contributed by atoms with E-state index in [0.29, 0.717) is 25.2 Å². The maximum atomic E-state index is 13.0. The molecule has 132 valence electrons. The molecule has 4 aromatic rings. The number of nitrogens with zero attached hydrogens (tertiary/aromatic N) is 5. The average Bonchev–Trinajstić information content (AvgIpc) is 2.71. The number of hydrogen-bond donors (Lipinski definition) is 0. The lowest BCUT2D eigenvalue weighted by atomic mass is 10.0. The van der Waals surface area contributed by atoms with Crippen molar-refractivity contribution >= 4 is 43.9 Å². The molecular weight excluding hydrogens is 406 g/mol. The van der Waals surface area contributed by atoms with Gasteiger partial charge in [-0.05, 0) is 45.8 Å². The molecule has 0 saturated heterocycles. The largest absolute Gasteiger partial charge is 0.332 e. The summed E-state index contributed by atoms with van der Waals surface area (Å²) in [5.74, 6) is -0.105. The minimum absolute atomic E-state index is 0.105. The molecule has 1 aromatic carbocycles. The summed E-state index contributed by atoms with van der Waals surface area (Å²) in [7, 11) is 0. The van der Waals surface area contributed by atoms with E-state index in [1.54, 1.807) is 17.3 Å². The Labute approximate surface area is 163 Å². The number of carbonyl (C=O) groups excluding carboxylic acids is 1. The summed E-state index contributed by atoms with van der Waals surface area (Å²) < 4.78 is 0.909. The number of para-hydroxylation sites is 2. The molecule has 0 saturated carbocycles. The maximum absolute atomic E-state index is 13.0. The van der Waals surface area contributed by atoms with Crippen LogP contribution in [0, 0.1) is 0 Å². The molecule has 0 aliphatic carbocycles. The van der Waals surface area contributed by atoms with Crippen LogP contribution in [0.1, 0.15) is 21.7 Å². The summed E-state index contributed by atoms with van der Waals surface area (Å²) in [4.78, 5) is 32.6. The highest BCUT2D eigenvalue weighted by molar-refractivity contribution is 9.10. The molecule has 0 fully saturated rings. The van der Waals surface area contributed by atoms with Gasteiger partial charge < -0.3 is 4.90 Å². The Balaban J connectivity index is 1.47. The van der Waals surface area contributed by atoms with E-state index < -0.39 is 0 Å². The molecular formula is C20H14BrN5O. The molecule has 27 heavy (non-hydrogen) atoms. The first kappa shape index (κ1) is 16.3. The van der Waals surface area contributed by atoms with Gasteiger partial charge in [0.2, 0.25) is 0 Å². The van der Waals surface area contributed by atoms with E-state index in [0.717, 1.165) is 37.8 Å². The second kappa shape index (κ2) is 6.35. The van der Waals surface area contributed by atoms with Crippen LogP contribution in [0.15, 0.2) is 53.3 Å². The number of rotatable bonds is 1. The van der Waals surface area contributed by atoms with Gasteiger partial charge in [-0.3, -0.25) is 9.78 Å². The molecule has 0 atom stereocenters. The van der Waals surface area contributed by atoms with Crippen molar-refractivity contribution < 1.29 is 4.79 Å². The van der Waals surface area contributed by atoms with Crippen molar-refractivity contribution in [3.05, 3.63) is 70.2 Å². The van der Waals surface area contributed by atoms with Crippen LogP contribution in [-0.4, -0.2) is 37.3 Å². The maximum Gasteiger partial charge on any atom is 0.274 e. The fourth-order valence-electron chi connectivity index (χ4n) is 3.39. The van der Waals surface area contributed by atoms with Crippen LogP contribution in [-0.2, 0) is 13.0 Å². The van der Waals surface area contributed by atoms with Gasteiger partial charge in [-0.25, -0.2) is 15.0 Å². The molecule has 1 aliphatic heterocycles. The quantitative estimate of drug-likeness (QED) is 0.471. The van der Waals surface area contributed by atoms with Gasteiger partial charge in [-0.15, -0.1) is 0 Å². The zero-order valence-electron chi connectivity index (χ0n) is 14.3. The highest BCUT2D eigenvalue weighted by atomic mass is 79.9. The molecule has 0 unspecified atom stereocenters. The monoisotopic (exact) mass is 419 g/mol. The third-order valence-corrected chi connectivity index (χ3v) is 5.17. The van der Waals surface area contributed by atoms with Crippen LogP contribution in [0.25, 0.3) is 22.1 Å². The highest BCUT2D eigenvalue weighted by Crippen LogP contribution is 2.24. The molecule has 1 amide bonds. The molecule has 1 aliphatic rings. The standard InChI is InChI=1S/C20H14BrN5O/c21-14-8-12-7-13-11-26(6-5-15(13)25-19(12)23-9-14)20(27)18-10-22-16-3-1-2-4-17(16)24-18/h1-4,7-10H,5-6,11H2. The second-order valence-electron chi connectivity index (χ2n) is 6.52. The van der Waals surface area contributed by atoms with Crippen LogP contribution >= 0.6 is 15.9 Å². The summed E-state index contributed by atoms with van der Waals surface area (Å²) in [6, 6.07) is 11.6. The van der Waals surface area contributed by atoms with Crippen molar-refractivity contribution in [3.8, 4) is 0 Å². The fourth-order valence-corrected chi connectivity index (χ4v) is 3.74. The van der Waals surface area contributed by atoms with Gasteiger partial charge in [-0.1, -0.05) is 12.1 Å². The number of halogens is 1. The zero-order valence-corrected chi connectivity index (χ0v) is 15.8. The molecule has 0 radical (unpaired) electrons. The molecule has 7 heteroatoms. The van der Waals surface area contributed by atoms with E-state index in [1.807, 2.05) is 30.3 Å². The number of hydrogen-bond acceptors (Lipinski definition) is 5. The zero-order chi connectivity index (χ0) is 18.4. The third kappa shape index (κ3) is 2.94. The first-order valence-corrected chi connectivity index (χ1v) is 9.42. The van der Waals surface area contributed by atoms with Gasteiger partial charge >= 0.3 is 0 Å². The normalized spacial score (nSPS) is 13.7. The van der Waals surface area contributed by atoms with E-state index >= 15 is 0 Å². The number of benzene rings is 1. The summed E-state index contributed by atoms with van der Waals surface area (Å²) in [6.45, 7) is 1.12. The van der Waals surface area contributed by atoms with Crippen molar-refractivity contribution in [1.29, 1.82) is 0 Å². The minimum Gasteiger partial charge on any atom is -0.332 e. The lowest BCUT2D eigenvalue weighted by Crippen LogP contribution is -2.36. The average molecular weight is 420 g/mol. The van der Waals surface area contributed by atoms with Gasteiger partial charge in [0.15, 0.2) is 5.65 Å². The Bertz CT molecular complexity index is 1210. The van der Waals surface area contributed by atoms with Crippen LogP contribution < -0.4 is 0 Å². The Hall–Kier alpha value is -2.93. The predicted octanol–water partition coefficient (Wildman–Crippen LogP) is 3.53. The van der Waals surface area contributed by atoms with Crippen molar-refractivity contribution in [1.82, 2.24) is 24.8 Å². The second-order valence-corrected chi connectivity index (χ2v) is 7.43. The molecule has 0 spiro atoms. The number of pyridine rings is 2. The topological polar surface area (TPSA) is 71.9 Å². The number of fused-ring (bicyclic) bond motifs is 3. The van der Waals surface area contributed by atoms with Gasteiger partial charge in [0.1, 0.15) is 5.69 Å². The molecule has 5 rings (SSSR count). The summed E-state index contributed by atoms with van der Waals surface area (Å²) in [5, 5.41) is 0.961. The van der Waals surface area contributed by atoms with Crippen molar-refractivity contribution in [2.24, 2.45) is 0 Å². The van der Waals surface area contributed by atoms with Crippen molar-refractivity contribution in [2.45, 2.75) is 13.0 Å². The first-order chi connectivity index (χ1) is 13.2. The van der Waals surface area contributed by atoms with Crippen molar-refractivity contribution in [2.75, 3.05) is 6.54 Å². The van der Waals surface area contributed by atoms with Gasteiger partial charge in [0.25, 0.3) is 5.91 Å². The Morgan fingerprint density at radius 3 is 2.78 bits per heavy atom. The summed E-state index contributed by atoms with van der Waals surface area (Å²) >= 11 is 3.44. The summed E-state index contributed by atoms with van der Waals surface area (Å²) in [5.41, 5.74) is 4.67. The number of aromatic nitrogens is 4. The van der Waals surface area contributed by atoms with E-state index in [2.05, 4.69) is 41.9 Å². The van der Waals surface area contributed by atoms with E-state index in [1.165, 1.54) is 0 Å². The van der Waals surface area contributed by atoms with Gasteiger partial charge in [0, 0.05) is 41.3 Å². The predicted molar refractivity (Wildman–Crippen MR) is 105 cm³/mol. The molecule has 4 heterocycles. The minimum atomic E-state index is -0.105. The number of carbonyl (C=O) groups is 1. The van der Waals surface area contributed by atoms with Crippen LogP contribution in [0.2, 0.25) is 0 Å². The van der Waals surface area contributed by atoms with E-state index in [4.69, 9.17) is 0 Å². The lowest BCUT2D eigenvalue weighted by Gasteiger charge is -2.28. The smallest absolute Gasteiger partial charge is 0.274 e. The molecule has 6 nitrogen and oxygen atoms in total. The van der Waals surface area contributed by atoms with Gasteiger partial charge in [0.05, 0.1) is 17.2 Å². The molecule has 3 aromatic heterocycles. The SMILES string of the molecule is O=C(c1cnc2ccccc2n1)N1CCc2nc3ncc(Br)cc3cc2C1. The Morgan fingerprint density at radius 1 is 1.04 bits per heavy atom. The van der Waals surface area contributed by atoms with Crippen LogP contribution in [0.4, 0.5) is 0 Å². The van der Waals surface area contributed by atoms with Crippen LogP contribution in [0.5, 0.6) is 0 Å². The van der Waals surface area contributed by atoms with Crippen LogP contribution in [0.3, 0.4) is 0 Å². The molecule has 0 bridgehead atoms. The Morgan fingerprint density at radius 2 is 1.89 bits per heavy atom. The van der Waals surface area contributed by atoms with E-state index in [9.17, 15) is 4.79 Å². The third-order valence-electron chi connectivity index (χ3n) is 4.74. The Kier molecular flexibility index (Phi) is 3.82. The fraction of sp³-hybridized carbons (Fsp3) is 0.150. The summed E-state index contributed by atoms with van der Waals surface area (Å²) in [6.07, 6.45) is 4.01. The lowest BCUT2D eigenvalue weighted by molar-refractivity contribution is 0.0727. The number of amides is 1. The van der Waals surface area contributed by atoms with E-state index in [-0.39, 0.29) is 5.91 Å². The van der Waals surface area contributed by atoms with Gasteiger partial charge in [-0.2, -0.15) is 0 Å².